The van der Waals surface area contributed by atoms with Gasteiger partial charge in [0, 0.05) is 26.2 Å². The van der Waals surface area contributed by atoms with Gasteiger partial charge in [0.1, 0.15) is 0 Å². The van der Waals surface area contributed by atoms with Gasteiger partial charge >= 0.3 is 0 Å². The second-order valence-corrected chi connectivity index (χ2v) is 5.91. The van der Waals surface area contributed by atoms with Gasteiger partial charge in [0.05, 0.1) is 11.9 Å². The number of piperidine rings is 2. The smallest absolute Gasteiger partial charge is 0.268 e. The van der Waals surface area contributed by atoms with Crippen molar-refractivity contribution in [3.63, 3.8) is 0 Å². The molecule has 0 unspecified atom stereocenters. The van der Waals surface area contributed by atoms with E-state index in [4.69, 9.17) is 0 Å². The molecule has 2 aliphatic rings. The second kappa shape index (κ2) is 4.96. The summed E-state index contributed by atoms with van der Waals surface area (Å²) in [7, 11) is 1.69. The predicted molar refractivity (Wildman–Crippen MR) is 75.5 cm³/mol. The van der Waals surface area contributed by atoms with Gasteiger partial charge in [0.25, 0.3) is 5.56 Å². The SMILES string of the molecule is Cn1ncc(N2CCC3(CCNCC3)CC2)cc1=O. The fourth-order valence-corrected chi connectivity index (χ4v) is 3.33. The summed E-state index contributed by atoms with van der Waals surface area (Å²) in [6.45, 7) is 4.42. The van der Waals surface area contributed by atoms with Crippen LogP contribution in [-0.4, -0.2) is 36.0 Å². The largest absolute Gasteiger partial charge is 0.370 e. The van der Waals surface area contributed by atoms with Gasteiger partial charge in [0.2, 0.25) is 0 Å². The van der Waals surface area contributed by atoms with E-state index < -0.39 is 0 Å². The quantitative estimate of drug-likeness (QED) is 0.811. The van der Waals surface area contributed by atoms with E-state index in [9.17, 15) is 4.79 Å². The molecule has 2 aliphatic heterocycles. The molecule has 2 fully saturated rings. The number of nitrogens with one attached hydrogen (secondary N) is 1. The maximum atomic E-state index is 11.6. The molecule has 3 rings (SSSR count). The first-order chi connectivity index (χ1) is 9.19. The van der Waals surface area contributed by atoms with Crippen LogP contribution in [-0.2, 0) is 7.05 Å². The van der Waals surface area contributed by atoms with Crippen LogP contribution < -0.4 is 15.8 Å². The molecule has 0 atom stereocenters. The van der Waals surface area contributed by atoms with Gasteiger partial charge in [-0.05, 0) is 44.2 Å². The van der Waals surface area contributed by atoms with Crippen molar-refractivity contribution in [3.8, 4) is 0 Å². The van der Waals surface area contributed by atoms with Crippen LogP contribution in [0.2, 0.25) is 0 Å². The summed E-state index contributed by atoms with van der Waals surface area (Å²) >= 11 is 0. The second-order valence-electron chi connectivity index (χ2n) is 5.91. The molecular weight excluding hydrogens is 240 g/mol. The summed E-state index contributed by atoms with van der Waals surface area (Å²) < 4.78 is 1.38. The molecule has 0 aromatic carbocycles. The monoisotopic (exact) mass is 262 g/mol. The van der Waals surface area contributed by atoms with Gasteiger partial charge < -0.3 is 10.2 Å². The molecule has 1 N–H and O–H groups in total. The Balaban J connectivity index is 1.69. The number of aromatic nitrogens is 2. The van der Waals surface area contributed by atoms with Crippen LogP contribution in [0.5, 0.6) is 0 Å². The molecule has 1 spiro atoms. The molecule has 104 valence electrons. The van der Waals surface area contributed by atoms with Crippen LogP contribution >= 0.6 is 0 Å². The maximum Gasteiger partial charge on any atom is 0.268 e. The molecule has 2 saturated heterocycles. The standard InChI is InChI=1S/C14H22N4O/c1-17-13(19)10-12(11-16-17)18-8-4-14(5-9-18)2-6-15-7-3-14/h10-11,15H,2-9H2,1H3. The summed E-state index contributed by atoms with van der Waals surface area (Å²) in [5.41, 5.74) is 1.50. The van der Waals surface area contributed by atoms with Crippen molar-refractivity contribution in [2.24, 2.45) is 12.5 Å². The fourth-order valence-electron chi connectivity index (χ4n) is 3.33. The van der Waals surface area contributed by atoms with Crippen LogP contribution in [0.25, 0.3) is 0 Å². The first-order valence-corrected chi connectivity index (χ1v) is 7.18. The Labute approximate surface area is 113 Å². The minimum absolute atomic E-state index is 0.0281. The van der Waals surface area contributed by atoms with Gasteiger partial charge in [-0.15, -0.1) is 0 Å². The molecule has 0 saturated carbocycles. The molecule has 3 heterocycles. The fraction of sp³-hybridized carbons (Fsp3) is 0.714. The maximum absolute atomic E-state index is 11.6. The lowest BCUT2D eigenvalue weighted by Gasteiger charge is -2.45. The zero-order chi connectivity index (χ0) is 13.3. The lowest BCUT2D eigenvalue weighted by atomic mass is 9.71. The summed E-state index contributed by atoms with van der Waals surface area (Å²) in [4.78, 5) is 14.0. The topological polar surface area (TPSA) is 50.2 Å². The van der Waals surface area contributed by atoms with Gasteiger partial charge in [-0.2, -0.15) is 5.10 Å². The highest BCUT2D eigenvalue weighted by Gasteiger charge is 2.35. The van der Waals surface area contributed by atoms with E-state index >= 15 is 0 Å². The zero-order valence-electron chi connectivity index (χ0n) is 11.6. The van der Waals surface area contributed by atoms with Crippen molar-refractivity contribution in [1.29, 1.82) is 0 Å². The van der Waals surface area contributed by atoms with Crippen molar-refractivity contribution in [2.45, 2.75) is 25.7 Å². The van der Waals surface area contributed by atoms with Gasteiger partial charge in [0.15, 0.2) is 0 Å². The van der Waals surface area contributed by atoms with Gasteiger partial charge in [-0.25, -0.2) is 4.68 Å². The minimum Gasteiger partial charge on any atom is -0.370 e. The predicted octanol–water partition coefficient (Wildman–Crippen LogP) is 0.750. The van der Waals surface area contributed by atoms with Crippen LogP contribution in [0.1, 0.15) is 25.7 Å². The molecule has 1 aromatic rings. The Bertz CT molecular complexity index is 494. The number of aryl methyl sites for hydroxylation is 1. The van der Waals surface area contributed by atoms with Crippen LogP contribution in [0.4, 0.5) is 5.69 Å². The normalized spacial score (nSPS) is 22.7. The van der Waals surface area contributed by atoms with Crippen molar-refractivity contribution >= 4 is 5.69 Å². The highest BCUT2D eigenvalue weighted by molar-refractivity contribution is 5.43. The Morgan fingerprint density at radius 1 is 1.21 bits per heavy atom. The van der Waals surface area contributed by atoms with Crippen molar-refractivity contribution in [3.05, 3.63) is 22.6 Å². The number of anilines is 1. The highest BCUT2D eigenvalue weighted by atomic mass is 16.1. The van der Waals surface area contributed by atoms with Crippen LogP contribution in [0.3, 0.4) is 0 Å². The van der Waals surface area contributed by atoms with Crippen molar-refractivity contribution in [2.75, 3.05) is 31.1 Å². The Hall–Kier alpha value is -1.36. The third-order valence-electron chi connectivity index (χ3n) is 4.81. The Morgan fingerprint density at radius 3 is 2.53 bits per heavy atom. The molecule has 0 aliphatic carbocycles. The molecule has 5 nitrogen and oxygen atoms in total. The Morgan fingerprint density at radius 2 is 1.89 bits per heavy atom. The van der Waals surface area contributed by atoms with E-state index in [0.717, 1.165) is 31.9 Å². The van der Waals surface area contributed by atoms with Gasteiger partial charge in [-0.1, -0.05) is 0 Å². The van der Waals surface area contributed by atoms with Crippen LogP contribution in [0, 0.1) is 5.41 Å². The van der Waals surface area contributed by atoms with E-state index in [2.05, 4.69) is 15.3 Å². The third kappa shape index (κ3) is 2.52. The lowest BCUT2D eigenvalue weighted by Crippen LogP contribution is -2.45. The van der Waals surface area contributed by atoms with E-state index in [0.29, 0.717) is 5.41 Å². The summed E-state index contributed by atoms with van der Waals surface area (Å²) in [6.07, 6.45) is 6.89. The van der Waals surface area contributed by atoms with E-state index in [-0.39, 0.29) is 5.56 Å². The molecule has 0 radical (unpaired) electrons. The average Bonchev–Trinajstić information content (AvgIpc) is 2.44. The molecule has 1 aromatic heterocycles. The van der Waals surface area contributed by atoms with E-state index in [1.54, 1.807) is 13.1 Å². The zero-order valence-corrected chi connectivity index (χ0v) is 11.6. The Kier molecular flexibility index (Phi) is 3.31. The average molecular weight is 262 g/mol. The highest BCUT2D eigenvalue weighted by Crippen LogP contribution is 2.40. The van der Waals surface area contributed by atoms with Crippen LogP contribution in [0.15, 0.2) is 17.1 Å². The summed E-state index contributed by atoms with van der Waals surface area (Å²) in [5, 5.41) is 7.56. The molecule has 0 amide bonds. The minimum atomic E-state index is -0.0281. The van der Waals surface area contributed by atoms with Crippen molar-refractivity contribution in [1.82, 2.24) is 15.1 Å². The number of nitrogens with zero attached hydrogens (tertiary/aromatic N) is 3. The molecular formula is C14H22N4O. The number of hydrogen-bond donors (Lipinski definition) is 1. The van der Waals surface area contributed by atoms with Crippen molar-refractivity contribution < 1.29 is 0 Å². The first-order valence-electron chi connectivity index (χ1n) is 7.18. The summed E-state index contributed by atoms with van der Waals surface area (Å²) in [6, 6.07) is 1.70. The number of rotatable bonds is 1. The third-order valence-corrected chi connectivity index (χ3v) is 4.81. The van der Waals surface area contributed by atoms with Gasteiger partial charge in [-0.3, -0.25) is 4.79 Å². The molecule has 0 bridgehead atoms. The molecule has 5 heteroatoms. The van der Waals surface area contributed by atoms with E-state index in [1.807, 2.05) is 6.20 Å². The number of hydrogen-bond acceptors (Lipinski definition) is 4. The lowest BCUT2D eigenvalue weighted by molar-refractivity contribution is 0.155. The summed E-state index contributed by atoms with van der Waals surface area (Å²) in [5.74, 6) is 0. The van der Waals surface area contributed by atoms with E-state index in [1.165, 1.54) is 30.4 Å². The first kappa shape index (κ1) is 12.7. The molecule has 19 heavy (non-hydrogen) atoms.